The highest BCUT2D eigenvalue weighted by Gasteiger charge is 2.45. The van der Waals surface area contributed by atoms with Crippen molar-refractivity contribution < 1.29 is 32.5 Å². The number of ether oxygens (including phenoxy) is 2. The molecule has 2 fully saturated rings. The van der Waals surface area contributed by atoms with Gasteiger partial charge in [-0.25, -0.2) is 9.78 Å². The summed E-state index contributed by atoms with van der Waals surface area (Å²) in [4.78, 5) is 15.9. The fraction of sp³-hybridized carbons (Fsp3) is 0.556. The number of thiazole rings is 1. The molecule has 160 valence electrons. The molecule has 2 saturated heterocycles. The highest BCUT2D eigenvalue weighted by molar-refractivity contribution is 7.09. The van der Waals surface area contributed by atoms with Crippen molar-refractivity contribution in [1.29, 1.82) is 0 Å². The molecule has 0 saturated carbocycles. The van der Waals surface area contributed by atoms with Gasteiger partial charge in [-0.1, -0.05) is 0 Å². The van der Waals surface area contributed by atoms with Gasteiger partial charge in [0.05, 0.1) is 36.6 Å². The number of aromatic nitrogens is 1. The van der Waals surface area contributed by atoms with Crippen molar-refractivity contribution in [3.63, 3.8) is 0 Å². The Labute approximate surface area is 173 Å². The van der Waals surface area contributed by atoms with Crippen LogP contribution in [-0.2, 0) is 27.4 Å². The first-order valence-electron chi connectivity index (χ1n) is 8.89. The van der Waals surface area contributed by atoms with Crippen LogP contribution in [0.1, 0.15) is 16.3 Å². The van der Waals surface area contributed by atoms with Crippen molar-refractivity contribution in [3.8, 4) is 0 Å². The van der Waals surface area contributed by atoms with E-state index in [0.717, 1.165) is 37.0 Å². The number of thiophene rings is 1. The van der Waals surface area contributed by atoms with Gasteiger partial charge in [0.15, 0.2) is 0 Å². The zero-order valence-electron chi connectivity index (χ0n) is 15.6. The standard InChI is InChI=1S/C16H20N2O2S2.C2HF3O2/c1-11-17-13(10-22-11)6-20-16-5-18(4-12-2-3-21-9-12)15-8-19-7-14(15)16;3-2(4,5)1(6)7/h2-3,9-10,14-16H,4-8H2,1H3;(H,6,7)/t14-,15+,16+;/m0./s1. The van der Waals surface area contributed by atoms with Crippen molar-refractivity contribution in [2.45, 2.75) is 38.4 Å². The van der Waals surface area contributed by atoms with E-state index in [4.69, 9.17) is 19.4 Å². The van der Waals surface area contributed by atoms with Gasteiger partial charge in [-0.3, -0.25) is 4.90 Å². The highest BCUT2D eigenvalue weighted by atomic mass is 32.1. The van der Waals surface area contributed by atoms with E-state index >= 15 is 0 Å². The molecule has 2 aliphatic heterocycles. The summed E-state index contributed by atoms with van der Waals surface area (Å²) in [5.41, 5.74) is 2.45. The van der Waals surface area contributed by atoms with Gasteiger partial charge in [-0.2, -0.15) is 24.5 Å². The van der Waals surface area contributed by atoms with Crippen LogP contribution < -0.4 is 0 Å². The lowest BCUT2D eigenvalue weighted by molar-refractivity contribution is -0.192. The van der Waals surface area contributed by atoms with Gasteiger partial charge in [0.2, 0.25) is 0 Å². The summed E-state index contributed by atoms with van der Waals surface area (Å²) in [6, 6.07) is 2.71. The van der Waals surface area contributed by atoms with Crippen LogP contribution in [0.2, 0.25) is 0 Å². The Hall–Kier alpha value is -1.53. The fourth-order valence-corrected chi connectivity index (χ4v) is 4.69. The molecule has 4 heterocycles. The van der Waals surface area contributed by atoms with Crippen molar-refractivity contribution >= 4 is 28.6 Å². The van der Waals surface area contributed by atoms with Gasteiger partial charge in [0.25, 0.3) is 0 Å². The van der Waals surface area contributed by atoms with Gasteiger partial charge in [-0.15, -0.1) is 11.3 Å². The predicted octanol–water partition coefficient (Wildman–Crippen LogP) is 3.56. The lowest BCUT2D eigenvalue weighted by atomic mass is 10.0. The first kappa shape index (κ1) is 22.2. The van der Waals surface area contributed by atoms with Crippen molar-refractivity contribution in [2.75, 3.05) is 19.8 Å². The number of alkyl halides is 3. The Bertz CT molecular complexity index is 797. The zero-order valence-corrected chi connectivity index (χ0v) is 17.2. The predicted molar refractivity (Wildman–Crippen MR) is 102 cm³/mol. The summed E-state index contributed by atoms with van der Waals surface area (Å²) in [6.07, 6.45) is -4.83. The number of hydrogen-bond donors (Lipinski definition) is 1. The molecule has 0 aliphatic carbocycles. The first-order chi connectivity index (χ1) is 13.7. The molecule has 0 bridgehead atoms. The summed E-state index contributed by atoms with van der Waals surface area (Å²) >= 11 is 3.45. The normalized spacial score (nSPS) is 24.2. The molecule has 2 aliphatic rings. The second-order valence-corrected chi connectivity index (χ2v) is 8.68. The van der Waals surface area contributed by atoms with E-state index in [1.165, 1.54) is 5.56 Å². The number of likely N-dealkylation sites (tertiary alicyclic amines) is 1. The minimum absolute atomic E-state index is 0.258. The molecule has 1 N–H and O–H groups in total. The van der Waals surface area contributed by atoms with E-state index in [1.54, 1.807) is 22.7 Å². The third kappa shape index (κ3) is 5.98. The van der Waals surface area contributed by atoms with Gasteiger partial charge < -0.3 is 14.6 Å². The highest BCUT2D eigenvalue weighted by Crippen LogP contribution is 2.34. The SMILES string of the molecule is Cc1nc(CO[C@@H]2CN(Cc3ccsc3)[C@@H]3COC[C@@H]32)cs1.O=C(O)C(F)(F)F. The number of carboxylic acids is 1. The Morgan fingerprint density at radius 1 is 1.41 bits per heavy atom. The maximum absolute atomic E-state index is 10.6. The maximum atomic E-state index is 10.6. The lowest BCUT2D eigenvalue weighted by Gasteiger charge is -2.21. The smallest absolute Gasteiger partial charge is 0.475 e. The number of hydrogen-bond acceptors (Lipinski definition) is 7. The molecule has 0 radical (unpaired) electrons. The van der Waals surface area contributed by atoms with Crippen LogP contribution >= 0.6 is 22.7 Å². The number of carbonyl (C=O) groups is 1. The molecular weight excluding hydrogens is 429 g/mol. The quantitative estimate of drug-likeness (QED) is 0.751. The third-order valence-corrected chi connectivity index (χ3v) is 6.33. The largest absolute Gasteiger partial charge is 0.490 e. The molecular formula is C18H21F3N2O4S2. The second-order valence-electron chi connectivity index (χ2n) is 6.84. The fourth-order valence-electron chi connectivity index (χ4n) is 3.43. The van der Waals surface area contributed by atoms with E-state index < -0.39 is 12.1 Å². The number of nitrogens with zero attached hydrogens (tertiary/aromatic N) is 2. The van der Waals surface area contributed by atoms with Crippen LogP contribution in [-0.4, -0.2) is 59.0 Å². The second kappa shape index (κ2) is 9.52. The summed E-state index contributed by atoms with van der Waals surface area (Å²) < 4.78 is 43.6. The van der Waals surface area contributed by atoms with Gasteiger partial charge in [0.1, 0.15) is 0 Å². The van der Waals surface area contributed by atoms with Crippen LogP contribution in [0.5, 0.6) is 0 Å². The Balaban J connectivity index is 0.000000298. The van der Waals surface area contributed by atoms with Gasteiger partial charge in [-0.05, 0) is 29.3 Å². The molecule has 0 spiro atoms. The number of fused-ring (bicyclic) bond motifs is 1. The van der Waals surface area contributed by atoms with Crippen LogP contribution in [0.25, 0.3) is 0 Å². The Morgan fingerprint density at radius 3 is 2.76 bits per heavy atom. The molecule has 3 atom stereocenters. The Kier molecular flexibility index (Phi) is 7.28. The molecule has 29 heavy (non-hydrogen) atoms. The van der Waals surface area contributed by atoms with E-state index in [9.17, 15) is 13.2 Å². The van der Waals surface area contributed by atoms with Crippen molar-refractivity contribution in [1.82, 2.24) is 9.88 Å². The van der Waals surface area contributed by atoms with Crippen molar-refractivity contribution in [2.24, 2.45) is 5.92 Å². The Morgan fingerprint density at radius 2 is 2.17 bits per heavy atom. The molecule has 6 nitrogen and oxygen atoms in total. The third-order valence-electron chi connectivity index (χ3n) is 4.77. The molecule has 0 amide bonds. The number of halogens is 3. The number of aliphatic carboxylic acids is 1. The molecule has 4 rings (SSSR count). The summed E-state index contributed by atoms with van der Waals surface area (Å²) in [7, 11) is 0. The minimum atomic E-state index is -5.08. The van der Waals surface area contributed by atoms with Gasteiger partial charge >= 0.3 is 12.1 Å². The summed E-state index contributed by atoms with van der Waals surface area (Å²) in [5.74, 6) is -2.26. The van der Waals surface area contributed by atoms with Crippen LogP contribution in [0.15, 0.2) is 22.2 Å². The van der Waals surface area contributed by atoms with E-state index in [-0.39, 0.29) is 6.10 Å². The molecule has 11 heteroatoms. The molecule has 0 aromatic carbocycles. The average Bonchev–Trinajstić information content (AvgIpc) is 3.40. The molecule has 0 unspecified atom stereocenters. The number of aryl methyl sites for hydroxylation is 1. The topological polar surface area (TPSA) is 71.9 Å². The van der Waals surface area contributed by atoms with Crippen molar-refractivity contribution in [3.05, 3.63) is 38.5 Å². The van der Waals surface area contributed by atoms with E-state index in [0.29, 0.717) is 18.6 Å². The zero-order chi connectivity index (χ0) is 21.0. The maximum Gasteiger partial charge on any atom is 0.490 e. The van der Waals surface area contributed by atoms with E-state index in [2.05, 4.69) is 32.1 Å². The lowest BCUT2D eigenvalue weighted by Crippen LogP contribution is -2.32. The van der Waals surface area contributed by atoms with E-state index in [1.807, 2.05) is 6.92 Å². The van der Waals surface area contributed by atoms with Crippen LogP contribution in [0, 0.1) is 12.8 Å². The first-order valence-corrected chi connectivity index (χ1v) is 10.7. The van der Waals surface area contributed by atoms with Crippen LogP contribution in [0.3, 0.4) is 0 Å². The van der Waals surface area contributed by atoms with Crippen LogP contribution in [0.4, 0.5) is 13.2 Å². The number of carboxylic acid groups (broad SMARTS) is 1. The monoisotopic (exact) mass is 450 g/mol. The number of rotatable bonds is 5. The molecule has 2 aromatic heterocycles. The molecule has 2 aromatic rings. The van der Waals surface area contributed by atoms with Gasteiger partial charge in [0, 0.05) is 30.4 Å². The summed E-state index contributed by atoms with van der Waals surface area (Å²) in [5, 5.41) is 14.7. The average molecular weight is 451 g/mol. The minimum Gasteiger partial charge on any atom is -0.475 e. The summed E-state index contributed by atoms with van der Waals surface area (Å²) in [6.45, 7) is 6.31.